The molecule has 0 bridgehead atoms. The zero-order valence-electron chi connectivity index (χ0n) is 10.8. The van der Waals surface area contributed by atoms with Crippen LogP contribution in [0.5, 0.6) is 0 Å². The first-order chi connectivity index (χ1) is 8.09. The first-order valence-electron chi connectivity index (χ1n) is 6.23. The highest BCUT2D eigenvalue weighted by molar-refractivity contribution is 5.86. The minimum atomic E-state index is -0.323. The van der Waals surface area contributed by atoms with E-state index >= 15 is 0 Å². The molecule has 0 saturated carbocycles. The molecule has 1 aliphatic rings. The van der Waals surface area contributed by atoms with Gasteiger partial charge in [-0.05, 0) is 39.0 Å². The number of hydrogen-bond donors (Lipinski definition) is 0. The Morgan fingerprint density at radius 1 is 1.53 bits per heavy atom. The van der Waals surface area contributed by atoms with Crippen molar-refractivity contribution < 1.29 is 19.3 Å². The van der Waals surface area contributed by atoms with E-state index in [1.807, 2.05) is 0 Å². The third kappa shape index (κ3) is 4.48. The Labute approximate surface area is 103 Å². The lowest BCUT2D eigenvalue weighted by atomic mass is 9.89. The molecule has 1 atom stereocenters. The largest absolute Gasteiger partial charge is 0.462 e. The van der Waals surface area contributed by atoms with E-state index in [1.165, 1.54) is 0 Å². The van der Waals surface area contributed by atoms with Crippen molar-refractivity contribution in [3.8, 4) is 0 Å². The summed E-state index contributed by atoms with van der Waals surface area (Å²) in [6.07, 6.45) is 4.60. The SMILES string of the molecule is C=C(C)C(=O)OCCCC1(CC)CCCOO1. The fourth-order valence-electron chi connectivity index (χ4n) is 1.92. The van der Waals surface area contributed by atoms with Crippen LogP contribution in [-0.4, -0.2) is 24.8 Å². The van der Waals surface area contributed by atoms with Crippen molar-refractivity contribution in [2.75, 3.05) is 13.2 Å². The van der Waals surface area contributed by atoms with Crippen LogP contribution in [-0.2, 0) is 19.3 Å². The maximum absolute atomic E-state index is 11.2. The third-order valence-electron chi connectivity index (χ3n) is 3.10. The summed E-state index contributed by atoms with van der Waals surface area (Å²) < 4.78 is 5.05. The predicted octanol–water partition coefficient (Wildman–Crippen LogP) is 2.78. The topological polar surface area (TPSA) is 44.8 Å². The molecule has 1 aliphatic heterocycles. The highest BCUT2D eigenvalue weighted by Gasteiger charge is 2.32. The van der Waals surface area contributed by atoms with Gasteiger partial charge in [-0.3, -0.25) is 0 Å². The summed E-state index contributed by atoms with van der Waals surface area (Å²) in [5.74, 6) is -0.323. The molecule has 4 heteroatoms. The van der Waals surface area contributed by atoms with Crippen LogP contribution < -0.4 is 0 Å². The molecule has 1 unspecified atom stereocenters. The van der Waals surface area contributed by atoms with Gasteiger partial charge in [-0.2, -0.15) is 0 Å². The first-order valence-corrected chi connectivity index (χ1v) is 6.23. The van der Waals surface area contributed by atoms with E-state index in [0.717, 1.165) is 32.1 Å². The quantitative estimate of drug-likeness (QED) is 0.311. The van der Waals surface area contributed by atoms with Gasteiger partial charge in [0.15, 0.2) is 0 Å². The third-order valence-corrected chi connectivity index (χ3v) is 3.10. The van der Waals surface area contributed by atoms with Gasteiger partial charge in [-0.15, -0.1) is 0 Å². The van der Waals surface area contributed by atoms with Gasteiger partial charge in [0, 0.05) is 5.57 Å². The number of esters is 1. The Morgan fingerprint density at radius 2 is 2.29 bits per heavy atom. The summed E-state index contributed by atoms with van der Waals surface area (Å²) in [4.78, 5) is 21.6. The minimum Gasteiger partial charge on any atom is -0.462 e. The number of carbonyl (C=O) groups is 1. The van der Waals surface area contributed by atoms with Crippen LogP contribution >= 0.6 is 0 Å². The van der Waals surface area contributed by atoms with Crippen molar-refractivity contribution >= 4 is 5.97 Å². The summed E-state index contributed by atoms with van der Waals surface area (Å²) in [5.41, 5.74) is 0.251. The molecule has 1 rings (SSSR count). The lowest BCUT2D eigenvalue weighted by Crippen LogP contribution is -2.36. The monoisotopic (exact) mass is 242 g/mol. The Bertz CT molecular complexity index is 267. The second-order valence-electron chi connectivity index (χ2n) is 4.57. The molecule has 98 valence electrons. The van der Waals surface area contributed by atoms with Gasteiger partial charge in [0.05, 0.1) is 13.2 Å². The van der Waals surface area contributed by atoms with Crippen LogP contribution in [0.4, 0.5) is 0 Å². The van der Waals surface area contributed by atoms with Gasteiger partial charge in [0.25, 0.3) is 0 Å². The summed E-state index contributed by atoms with van der Waals surface area (Å²) in [6.45, 7) is 8.36. The van der Waals surface area contributed by atoms with Crippen LogP contribution in [0.2, 0.25) is 0 Å². The number of hydrogen-bond acceptors (Lipinski definition) is 4. The zero-order valence-corrected chi connectivity index (χ0v) is 10.8. The number of carbonyl (C=O) groups excluding carboxylic acids is 1. The van der Waals surface area contributed by atoms with Gasteiger partial charge in [0.1, 0.15) is 5.60 Å². The first kappa shape index (κ1) is 14.2. The van der Waals surface area contributed by atoms with Crippen LogP contribution in [0.15, 0.2) is 12.2 Å². The molecule has 0 N–H and O–H groups in total. The van der Waals surface area contributed by atoms with Gasteiger partial charge in [-0.1, -0.05) is 13.5 Å². The van der Waals surface area contributed by atoms with Crippen molar-refractivity contribution in [1.82, 2.24) is 0 Å². The highest BCUT2D eigenvalue weighted by atomic mass is 17.2. The summed E-state index contributed by atoms with van der Waals surface area (Å²) >= 11 is 0. The molecular formula is C13H22O4. The molecule has 0 aromatic carbocycles. The second-order valence-corrected chi connectivity index (χ2v) is 4.57. The van der Waals surface area contributed by atoms with E-state index < -0.39 is 0 Å². The van der Waals surface area contributed by atoms with Crippen molar-refractivity contribution in [1.29, 1.82) is 0 Å². The summed E-state index contributed by atoms with van der Waals surface area (Å²) in [6, 6.07) is 0. The highest BCUT2D eigenvalue weighted by Crippen LogP contribution is 2.31. The normalized spacial score (nSPS) is 24.4. The van der Waals surface area contributed by atoms with Gasteiger partial charge < -0.3 is 4.74 Å². The van der Waals surface area contributed by atoms with Crippen LogP contribution in [0, 0.1) is 0 Å². The minimum absolute atomic E-state index is 0.187. The van der Waals surface area contributed by atoms with Crippen molar-refractivity contribution in [2.45, 2.75) is 51.6 Å². The standard InChI is InChI=1S/C13H22O4/c1-4-13(8-6-10-16-17-13)7-5-9-15-12(14)11(2)3/h2,4-10H2,1,3H3. The van der Waals surface area contributed by atoms with Crippen LogP contribution in [0.3, 0.4) is 0 Å². The average Bonchev–Trinajstić information content (AvgIpc) is 2.35. The van der Waals surface area contributed by atoms with E-state index in [-0.39, 0.29) is 11.6 Å². The fraction of sp³-hybridized carbons (Fsp3) is 0.769. The second kappa shape index (κ2) is 6.77. The summed E-state index contributed by atoms with van der Waals surface area (Å²) in [7, 11) is 0. The van der Waals surface area contributed by atoms with E-state index in [0.29, 0.717) is 18.8 Å². The Morgan fingerprint density at radius 3 is 2.82 bits per heavy atom. The van der Waals surface area contributed by atoms with E-state index in [2.05, 4.69) is 13.5 Å². The number of rotatable bonds is 6. The molecule has 0 spiro atoms. The van der Waals surface area contributed by atoms with E-state index in [1.54, 1.807) is 6.92 Å². The molecule has 0 aromatic rings. The van der Waals surface area contributed by atoms with Crippen LogP contribution in [0.1, 0.15) is 46.0 Å². The molecule has 17 heavy (non-hydrogen) atoms. The zero-order chi connectivity index (χ0) is 12.7. The Balaban J connectivity index is 2.24. The molecule has 1 saturated heterocycles. The lowest BCUT2D eigenvalue weighted by Gasteiger charge is -2.34. The van der Waals surface area contributed by atoms with Crippen molar-refractivity contribution in [2.24, 2.45) is 0 Å². The summed E-state index contributed by atoms with van der Waals surface area (Å²) in [5, 5.41) is 0. The Hall–Kier alpha value is -0.870. The maximum atomic E-state index is 11.2. The molecular weight excluding hydrogens is 220 g/mol. The molecule has 0 aliphatic carbocycles. The smallest absolute Gasteiger partial charge is 0.333 e. The molecule has 0 aromatic heterocycles. The number of ether oxygens (including phenoxy) is 1. The van der Waals surface area contributed by atoms with E-state index in [9.17, 15) is 4.79 Å². The van der Waals surface area contributed by atoms with Crippen LogP contribution in [0.25, 0.3) is 0 Å². The van der Waals surface area contributed by atoms with Crippen molar-refractivity contribution in [3.05, 3.63) is 12.2 Å². The maximum Gasteiger partial charge on any atom is 0.333 e. The molecule has 0 amide bonds. The van der Waals surface area contributed by atoms with E-state index in [4.69, 9.17) is 14.5 Å². The van der Waals surface area contributed by atoms with Crippen molar-refractivity contribution in [3.63, 3.8) is 0 Å². The predicted molar refractivity (Wildman–Crippen MR) is 64.3 cm³/mol. The Kier molecular flexibility index (Phi) is 5.65. The molecule has 0 radical (unpaired) electrons. The lowest BCUT2D eigenvalue weighted by molar-refractivity contribution is -0.386. The molecule has 4 nitrogen and oxygen atoms in total. The molecule has 1 fully saturated rings. The average molecular weight is 242 g/mol. The fourth-order valence-corrected chi connectivity index (χ4v) is 1.92. The molecule has 1 heterocycles. The van der Waals surface area contributed by atoms with Gasteiger partial charge in [0.2, 0.25) is 0 Å². The van der Waals surface area contributed by atoms with Gasteiger partial charge in [-0.25, -0.2) is 14.6 Å². The van der Waals surface area contributed by atoms with Gasteiger partial charge >= 0.3 is 5.97 Å².